The van der Waals surface area contributed by atoms with Gasteiger partial charge in [0.05, 0.1) is 138 Å². The van der Waals surface area contributed by atoms with Crippen LogP contribution in [0.3, 0.4) is 0 Å². The van der Waals surface area contributed by atoms with Gasteiger partial charge in [-0.2, -0.15) is 0 Å². The van der Waals surface area contributed by atoms with Crippen molar-refractivity contribution in [3.05, 3.63) is 0 Å². The minimum atomic E-state index is -0.985. The lowest BCUT2D eigenvalue weighted by Gasteiger charge is -2.13. The number of hydrogen-bond acceptors (Lipinski definition) is 14. The number of nitrogens with one attached hydrogen (secondary N) is 1. The van der Waals surface area contributed by atoms with Crippen LogP contribution in [-0.2, 0) is 66.5 Å². The Balaban J connectivity index is 3.17. The highest BCUT2D eigenvalue weighted by atomic mass is 16.6. The third kappa shape index (κ3) is 39.1. The number of unbranched alkanes of at least 4 members (excludes halogenated alkanes) is 1. The predicted molar refractivity (Wildman–Crippen MR) is 187 cm³/mol. The number of hydrogen-bond donors (Lipinski definition) is 2. The molecular weight excluding hydrogens is 674 g/mol. The summed E-state index contributed by atoms with van der Waals surface area (Å²) in [5.74, 6) is -1.39. The molecule has 0 radical (unpaired) electrons. The lowest BCUT2D eigenvalue weighted by atomic mass is 10.00. The summed E-state index contributed by atoms with van der Waals surface area (Å²) in [6, 6.07) is 0. The van der Waals surface area contributed by atoms with Gasteiger partial charge in [0, 0.05) is 19.6 Å². The Labute approximate surface area is 304 Å². The van der Waals surface area contributed by atoms with Gasteiger partial charge in [0.15, 0.2) is 0 Å². The van der Waals surface area contributed by atoms with Crippen molar-refractivity contribution in [2.24, 2.45) is 5.92 Å². The maximum absolute atomic E-state index is 12.0. The molecule has 302 valence electrons. The Hall–Kier alpha value is -1.99. The number of carbonyl (C=O) groups is 3. The van der Waals surface area contributed by atoms with Crippen LogP contribution in [-0.4, -0.2) is 168 Å². The molecule has 16 nitrogen and oxygen atoms in total. The zero-order chi connectivity index (χ0) is 37.3. The number of carboxylic acid groups (broad SMARTS) is 1. The Morgan fingerprint density at radius 2 is 0.843 bits per heavy atom. The molecule has 0 bridgehead atoms. The van der Waals surface area contributed by atoms with Crippen molar-refractivity contribution < 1.29 is 71.6 Å². The number of amides is 1. The summed E-state index contributed by atoms with van der Waals surface area (Å²) in [6.07, 6.45) is 4.28. The van der Waals surface area contributed by atoms with E-state index in [-0.39, 0.29) is 37.2 Å². The molecule has 0 aromatic heterocycles. The molecular formula is C35H67NO15. The lowest BCUT2D eigenvalue weighted by Crippen LogP contribution is -2.25. The largest absolute Gasteiger partial charge is 0.481 e. The van der Waals surface area contributed by atoms with E-state index in [0.717, 1.165) is 25.7 Å². The van der Waals surface area contributed by atoms with E-state index in [0.29, 0.717) is 145 Å². The van der Waals surface area contributed by atoms with Crippen molar-refractivity contribution in [1.29, 1.82) is 0 Å². The first-order valence-corrected chi connectivity index (χ1v) is 18.4. The third-order valence-corrected chi connectivity index (χ3v) is 6.91. The standard InChI is InChI=1S/C35H67NO15/c1-3-5-7-32(4-2)35(40)51-31-30-50-29-28-49-27-26-48-25-24-47-23-22-46-21-20-45-19-18-44-17-16-43-15-14-42-13-12-41-11-6-10-36-33(37)8-9-34(38)39/h32H,3-31H2,1-2H3,(H,36,37)(H,38,39). The summed E-state index contributed by atoms with van der Waals surface area (Å²) in [5, 5.41) is 11.2. The fourth-order valence-electron chi connectivity index (χ4n) is 4.05. The van der Waals surface area contributed by atoms with E-state index in [4.69, 9.17) is 57.2 Å². The lowest BCUT2D eigenvalue weighted by molar-refractivity contribution is -0.150. The Morgan fingerprint density at radius 3 is 1.18 bits per heavy atom. The van der Waals surface area contributed by atoms with E-state index >= 15 is 0 Å². The zero-order valence-electron chi connectivity index (χ0n) is 31.2. The minimum absolute atomic E-state index is 0.0112. The van der Waals surface area contributed by atoms with Gasteiger partial charge in [-0.15, -0.1) is 0 Å². The van der Waals surface area contributed by atoms with E-state index in [1.807, 2.05) is 6.92 Å². The second kappa shape index (κ2) is 40.8. The first kappa shape index (κ1) is 49.0. The number of esters is 1. The second-order valence-electron chi connectivity index (χ2n) is 11.1. The van der Waals surface area contributed by atoms with Crippen molar-refractivity contribution in [1.82, 2.24) is 5.32 Å². The summed E-state index contributed by atoms with van der Waals surface area (Å²) < 4.78 is 59.8. The van der Waals surface area contributed by atoms with E-state index in [2.05, 4.69) is 12.2 Å². The molecule has 0 aliphatic carbocycles. The molecule has 0 rings (SSSR count). The Kier molecular flexibility index (Phi) is 39.2. The number of carboxylic acids is 1. The maximum Gasteiger partial charge on any atom is 0.308 e. The van der Waals surface area contributed by atoms with Crippen LogP contribution in [0.2, 0.25) is 0 Å². The highest BCUT2D eigenvalue weighted by molar-refractivity contribution is 5.80. The quantitative estimate of drug-likeness (QED) is 0.0686. The van der Waals surface area contributed by atoms with Crippen molar-refractivity contribution in [2.75, 3.05) is 145 Å². The molecule has 0 heterocycles. The normalized spacial score (nSPS) is 11.9. The first-order valence-electron chi connectivity index (χ1n) is 18.4. The fourth-order valence-corrected chi connectivity index (χ4v) is 4.05. The minimum Gasteiger partial charge on any atom is -0.481 e. The van der Waals surface area contributed by atoms with Gasteiger partial charge in [-0.1, -0.05) is 26.7 Å². The zero-order valence-corrected chi connectivity index (χ0v) is 31.2. The summed E-state index contributed by atoms with van der Waals surface area (Å²) in [4.78, 5) is 33.8. The number of rotatable bonds is 42. The van der Waals surface area contributed by atoms with Crippen LogP contribution in [0.5, 0.6) is 0 Å². The molecule has 16 heteroatoms. The molecule has 0 spiro atoms. The molecule has 0 aliphatic heterocycles. The summed E-state index contributed by atoms with van der Waals surface area (Å²) in [5.41, 5.74) is 0. The highest BCUT2D eigenvalue weighted by Crippen LogP contribution is 2.14. The molecule has 1 unspecified atom stereocenters. The van der Waals surface area contributed by atoms with Gasteiger partial charge in [-0.05, 0) is 19.3 Å². The van der Waals surface area contributed by atoms with E-state index in [1.165, 1.54) is 0 Å². The van der Waals surface area contributed by atoms with Gasteiger partial charge in [-0.3, -0.25) is 14.4 Å². The van der Waals surface area contributed by atoms with Gasteiger partial charge in [-0.25, -0.2) is 0 Å². The van der Waals surface area contributed by atoms with Crippen LogP contribution < -0.4 is 5.32 Å². The van der Waals surface area contributed by atoms with Crippen molar-refractivity contribution in [2.45, 2.75) is 58.8 Å². The first-order chi connectivity index (χ1) is 25.0. The van der Waals surface area contributed by atoms with Crippen LogP contribution in [0.15, 0.2) is 0 Å². The monoisotopic (exact) mass is 741 g/mol. The Morgan fingerprint density at radius 1 is 0.490 bits per heavy atom. The highest BCUT2D eigenvalue weighted by Gasteiger charge is 2.17. The van der Waals surface area contributed by atoms with E-state index < -0.39 is 5.97 Å². The average molecular weight is 742 g/mol. The molecule has 0 saturated heterocycles. The van der Waals surface area contributed by atoms with Gasteiger partial charge < -0.3 is 62.5 Å². The van der Waals surface area contributed by atoms with Crippen molar-refractivity contribution in [3.63, 3.8) is 0 Å². The number of ether oxygens (including phenoxy) is 11. The summed E-state index contributed by atoms with van der Waals surface area (Å²) in [6.45, 7) is 14.1. The second-order valence-corrected chi connectivity index (χ2v) is 11.1. The Bertz CT molecular complexity index is 777. The predicted octanol–water partition coefficient (Wildman–Crippen LogP) is 2.28. The van der Waals surface area contributed by atoms with Crippen LogP contribution >= 0.6 is 0 Å². The molecule has 1 atom stereocenters. The fraction of sp³-hybridized carbons (Fsp3) is 0.914. The van der Waals surface area contributed by atoms with Crippen LogP contribution in [0.4, 0.5) is 0 Å². The van der Waals surface area contributed by atoms with E-state index in [9.17, 15) is 14.4 Å². The molecule has 0 aliphatic rings. The average Bonchev–Trinajstić information content (AvgIpc) is 3.12. The number of aliphatic carboxylic acids is 1. The maximum atomic E-state index is 12.0. The number of carbonyl (C=O) groups excluding carboxylic acids is 2. The van der Waals surface area contributed by atoms with Crippen molar-refractivity contribution >= 4 is 17.8 Å². The van der Waals surface area contributed by atoms with Crippen LogP contribution in [0, 0.1) is 5.92 Å². The molecule has 0 saturated carbocycles. The molecule has 1 amide bonds. The van der Waals surface area contributed by atoms with Crippen LogP contribution in [0.1, 0.15) is 58.8 Å². The smallest absolute Gasteiger partial charge is 0.308 e. The van der Waals surface area contributed by atoms with Crippen molar-refractivity contribution in [3.8, 4) is 0 Å². The molecule has 2 N–H and O–H groups in total. The summed E-state index contributed by atoms with van der Waals surface area (Å²) in [7, 11) is 0. The van der Waals surface area contributed by atoms with Gasteiger partial charge >= 0.3 is 11.9 Å². The summed E-state index contributed by atoms with van der Waals surface area (Å²) >= 11 is 0. The van der Waals surface area contributed by atoms with E-state index in [1.54, 1.807) is 0 Å². The molecule has 0 aromatic rings. The topological polar surface area (TPSA) is 185 Å². The van der Waals surface area contributed by atoms with Gasteiger partial charge in [0.25, 0.3) is 0 Å². The van der Waals surface area contributed by atoms with Gasteiger partial charge in [0.1, 0.15) is 6.61 Å². The molecule has 0 fully saturated rings. The molecule has 0 aromatic carbocycles. The van der Waals surface area contributed by atoms with Gasteiger partial charge in [0.2, 0.25) is 5.91 Å². The van der Waals surface area contributed by atoms with Crippen LogP contribution in [0.25, 0.3) is 0 Å². The SMILES string of the molecule is CCCCC(CC)C(=O)OCCOCCOCCOCCOCCOCCOCCOCCOCCOCCOCCCNC(=O)CCC(=O)O. The molecule has 51 heavy (non-hydrogen) atoms. The third-order valence-electron chi connectivity index (χ3n) is 6.91.